The van der Waals surface area contributed by atoms with Crippen molar-refractivity contribution in [3.8, 4) is 0 Å². The van der Waals surface area contributed by atoms with Crippen molar-refractivity contribution < 1.29 is 14.5 Å². The summed E-state index contributed by atoms with van der Waals surface area (Å²) in [5.74, 6) is -0.455. The van der Waals surface area contributed by atoms with Crippen LogP contribution in [-0.4, -0.2) is 30.1 Å². The van der Waals surface area contributed by atoms with Crippen LogP contribution < -0.4 is 5.32 Å². The lowest BCUT2D eigenvalue weighted by atomic mass is 10.1. The average molecular weight is 407 g/mol. The van der Waals surface area contributed by atoms with Crippen molar-refractivity contribution in [2.24, 2.45) is 0 Å². The van der Waals surface area contributed by atoms with E-state index < -0.39 is 10.9 Å². The van der Waals surface area contributed by atoms with Crippen LogP contribution >= 0.6 is 0 Å². The third kappa shape index (κ3) is 12.3. The number of nitrogens with one attached hydrogen (secondary N) is 1. The Hall–Kier alpha value is -1.95. The molecule has 0 unspecified atom stereocenters. The molecule has 1 rings (SSSR count). The lowest BCUT2D eigenvalue weighted by Crippen LogP contribution is -2.29. The third-order valence-electron chi connectivity index (χ3n) is 5.01. The minimum absolute atomic E-state index is 0.0387. The number of benzene rings is 1. The van der Waals surface area contributed by atoms with Gasteiger partial charge >= 0.3 is 5.97 Å². The number of nitro benzene ring substituents is 1. The molecule has 0 heterocycles. The minimum atomic E-state index is -0.490. The molecular formula is C23H38N2O4. The van der Waals surface area contributed by atoms with E-state index in [1.165, 1.54) is 88.5 Å². The quantitative estimate of drug-likeness (QED) is 0.148. The second-order valence-corrected chi connectivity index (χ2v) is 7.76. The Balaban J connectivity index is 1.99. The van der Waals surface area contributed by atoms with Crippen molar-refractivity contribution >= 4 is 11.7 Å². The molecule has 0 spiro atoms. The molecule has 0 amide bonds. The molecule has 1 aromatic carbocycles. The normalized spacial score (nSPS) is 11.9. The van der Waals surface area contributed by atoms with E-state index in [0.29, 0.717) is 12.1 Å². The van der Waals surface area contributed by atoms with Gasteiger partial charge in [0.05, 0.1) is 10.5 Å². The van der Waals surface area contributed by atoms with Gasteiger partial charge in [-0.15, -0.1) is 0 Å². The highest BCUT2D eigenvalue weighted by atomic mass is 16.6. The van der Waals surface area contributed by atoms with E-state index in [-0.39, 0.29) is 11.8 Å². The zero-order valence-corrected chi connectivity index (χ0v) is 18.2. The molecule has 0 radical (unpaired) electrons. The molecule has 6 heteroatoms. The number of carbonyl (C=O) groups is 1. The first-order chi connectivity index (χ1) is 14.0. The fraction of sp³-hybridized carbons (Fsp3) is 0.696. The Bertz CT molecular complexity index is 575. The molecule has 1 N–H and O–H groups in total. The van der Waals surface area contributed by atoms with Crippen LogP contribution in [-0.2, 0) is 4.74 Å². The van der Waals surface area contributed by atoms with E-state index >= 15 is 0 Å². The van der Waals surface area contributed by atoms with E-state index in [1.54, 1.807) is 0 Å². The molecule has 0 aliphatic rings. The highest BCUT2D eigenvalue weighted by Gasteiger charge is 2.13. The van der Waals surface area contributed by atoms with E-state index in [1.807, 2.05) is 6.92 Å². The van der Waals surface area contributed by atoms with Gasteiger partial charge < -0.3 is 10.1 Å². The summed E-state index contributed by atoms with van der Waals surface area (Å²) in [6.45, 7) is 5.63. The molecule has 0 aromatic heterocycles. The van der Waals surface area contributed by atoms with Gasteiger partial charge in [-0.1, -0.05) is 71.1 Å². The van der Waals surface area contributed by atoms with Crippen LogP contribution in [0.2, 0.25) is 0 Å². The zero-order chi connectivity index (χ0) is 21.3. The first-order valence-corrected chi connectivity index (χ1v) is 11.2. The Labute approximate surface area is 175 Å². The van der Waals surface area contributed by atoms with Crippen LogP contribution in [0.3, 0.4) is 0 Å². The molecule has 1 atom stereocenters. The molecule has 0 bridgehead atoms. The number of carbonyl (C=O) groups excluding carboxylic acids is 1. The van der Waals surface area contributed by atoms with Crippen molar-refractivity contribution in [1.29, 1.82) is 0 Å². The number of unbranched alkanes of at least 4 members (excludes halogenated alkanes) is 10. The predicted octanol–water partition coefficient (Wildman–Crippen LogP) is 6.04. The van der Waals surface area contributed by atoms with Gasteiger partial charge in [-0.25, -0.2) is 4.79 Å². The van der Waals surface area contributed by atoms with Crippen molar-refractivity contribution in [1.82, 2.24) is 5.32 Å². The van der Waals surface area contributed by atoms with Crippen LogP contribution in [0.5, 0.6) is 0 Å². The molecule has 1 aromatic rings. The Kier molecular flexibility index (Phi) is 13.8. The summed E-state index contributed by atoms with van der Waals surface area (Å²) in [6, 6.07) is 5.47. The Morgan fingerprint density at radius 1 is 0.966 bits per heavy atom. The monoisotopic (exact) mass is 406 g/mol. The predicted molar refractivity (Wildman–Crippen MR) is 117 cm³/mol. The second-order valence-electron chi connectivity index (χ2n) is 7.76. The lowest BCUT2D eigenvalue weighted by Gasteiger charge is -2.14. The van der Waals surface area contributed by atoms with E-state index in [0.717, 1.165) is 13.0 Å². The van der Waals surface area contributed by atoms with Crippen molar-refractivity contribution in [2.45, 2.75) is 90.6 Å². The van der Waals surface area contributed by atoms with Crippen LogP contribution in [0.25, 0.3) is 0 Å². The van der Waals surface area contributed by atoms with Gasteiger partial charge in [-0.2, -0.15) is 0 Å². The van der Waals surface area contributed by atoms with Crippen LogP contribution in [0.15, 0.2) is 24.3 Å². The molecule has 29 heavy (non-hydrogen) atoms. The summed E-state index contributed by atoms with van der Waals surface area (Å²) in [4.78, 5) is 22.2. The maximum atomic E-state index is 12.1. The van der Waals surface area contributed by atoms with Crippen molar-refractivity contribution in [3.05, 3.63) is 39.9 Å². The molecular weight excluding hydrogens is 368 g/mol. The van der Waals surface area contributed by atoms with Crippen LogP contribution in [0.1, 0.15) is 94.8 Å². The fourth-order valence-corrected chi connectivity index (χ4v) is 3.23. The molecule has 0 fully saturated rings. The summed E-state index contributed by atoms with van der Waals surface area (Å²) in [7, 11) is 0. The van der Waals surface area contributed by atoms with Gasteiger partial charge in [0, 0.05) is 18.7 Å². The summed E-state index contributed by atoms with van der Waals surface area (Å²) in [5.41, 5.74) is 0.288. The Morgan fingerprint density at radius 2 is 1.48 bits per heavy atom. The average Bonchev–Trinajstić information content (AvgIpc) is 2.71. The number of nitrogens with zero attached hydrogens (tertiary/aromatic N) is 1. The van der Waals surface area contributed by atoms with Gasteiger partial charge in [0.1, 0.15) is 6.10 Å². The molecule has 6 nitrogen and oxygen atoms in total. The maximum absolute atomic E-state index is 12.1. The first kappa shape index (κ1) is 25.1. The van der Waals surface area contributed by atoms with Gasteiger partial charge in [0.15, 0.2) is 0 Å². The highest BCUT2D eigenvalue weighted by molar-refractivity contribution is 5.89. The standard InChI is InChI=1S/C23H38N2O4/c1-3-4-5-6-7-8-9-10-11-12-13-18-24-19-20(2)29-23(26)21-14-16-22(17-15-21)25(27)28/h14-17,20,24H,3-13,18-19H2,1-2H3/t20-/m1/s1. The molecule has 0 saturated heterocycles. The molecule has 0 aliphatic carbocycles. The minimum Gasteiger partial charge on any atom is -0.458 e. The molecule has 164 valence electrons. The topological polar surface area (TPSA) is 81.5 Å². The number of esters is 1. The summed E-state index contributed by atoms with van der Waals surface area (Å²) in [6.07, 6.45) is 14.3. The van der Waals surface area contributed by atoms with Crippen molar-refractivity contribution in [3.63, 3.8) is 0 Å². The second kappa shape index (κ2) is 15.9. The van der Waals surface area contributed by atoms with E-state index in [2.05, 4.69) is 12.2 Å². The SMILES string of the molecule is CCCCCCCCCCCCCNC[C@@H](C)OC(=O)c1ccc([N+](=O)[O-])cc1. The number of hydrogen-bond acceptors (Lipinski definition) is 5. The first-order valence-electron chi connectivity index (χ1n) is 11.2. The third-order valence-corrected chi connectivity index (χ3v) is 5.01. The van der Waals surface area contributed by atoms with Gasteiger partial charge in [0.2, 0.25) is 0 Å². The number of nitro groups is 1. The lowest BCUT2D eigenvalue weighted by molar-refractivity contribution is -0.384. The Morgan fingerprint density at radius 3 is 2.00 bits per heavy atom. The zero-order valence-electron chi connectivity index (χ0n) is 18.2. The number of rotatable bonds is 17. The molecule has 0 saturated carbocycles. The van der Waals surface area contributed by atoms with E-state index in [9.17, 15) is 14.9 Å². The van der Waals surface area contributed by atoms with Crippen LogP contribution in [0, 0.1) is 10.1 Å². The molecule has 0 aliphatic heterocycles. The number of hydrogen-bond donors (Lipinski definition) is 1. The number of non-ortho nitro benzene ring substituents is 1. The summed E-state index contributed by atoms with van der Waals surface area (Å²) in [5, 5.41) is 14.0. The summed E-state index contributed by atoms with van der Waals surface area (Å²) < 4.78 is 5.37. The van der Waals surface area contributed by atoms with Gasteiger partial charge in [-0.3, -0.25) is 10.1 Å². The summed E-state index contributed by atoms with van der Waals surface area (Å²) >= 11 is 0. The van der Waals surface area contributed by atoms with Gasteiger partial charge in [-0.05, 0) is 32.0 Å². The van der Waals surface area contributed by atoms with Crippen LogP contribution in [0.4, 0.5) is 5.69 Å². The maximum Gasteiger partial charge on any atom is 0.338 e. The smallest absolute Gasteiger partial charge is 0.338 e. The highest BCUT2D eigenvalue weighted by Crippen LogP contribution is 2.13. The van der Waals surface area contributed by atoms with Crippen molar-refractivity contribution in [2.75, 3.05) is 13.1 Å². The van der Waals surface area contributed by atoms with Gasteiger partial charge in [0.25, 0.3) is 5.69 Å². The fourth-order valence-electron chi connectivity index (χ4n) is 3.23. The van der Waals surface area contributed by atoms with E-state index in [4.69, 9.17) is 4.74 Å². The largest absolute Gasteiger partial charge is 0.458 e. The number of ether oxygens (including phenoxy) is 1.